The summed E-state index contributed by atoms with van der Waals surface area (Å²) in [4.78, 5) is 13.1. The Kier molecular flexibility index (Phi) is 3.73. The molecule has 18 heavy (non-hydrogen) atoms. The molecule has 1 aromatic carbocycles. The third kappa shape index (κ3) is 2.15. The van der Waals surface area contributed by atoms with Crippen molar-refractivity contribution >= 4 is 23.2 Å². The molecule has 6 heteroatoms. The third-order valence-corrected chi connectivity index (χ3v) is 3.29. The Morgan fingerprint density at radius 2 is 2.33 bits per heavy atom. The van der Waals surface area contributed by atoms with E-state index in [0.717, 1.165) is 0 Å². The summed E-state index contributed by atoms with van der Waals surface area (Å²) in [6, 6.07) is 2.89. The van der Waals surface area contributed by atoms with E-state index in [0.29, 0.717) is 0 Å². The maximum Gasteiger partial charge on any atom is 0.227 e. The van der Waals surface area contributed by atoms with Crippen LogP contribution in [0, 0.1) is 11.7 Å². The van der Waals surface area contributed by atoms with Gasteiger partial charge in [-0.05, 0) is 12.1 Å². The van der Waals surface area contributed by atoms with Crippen molar-refractivity contribution < 1.29 is 19.0 Å². The summed E-state index contributed by atoms with van der Waals surface area (Å²) >= 11 is 5.94. The van der Waals surface area contributed by atoms with Crippen LogP contribution in [-0.4, -0.2) is 31.3 Å². The van der Waals surface area contributed by atoms with Gasteiger partial charge in [0.25, 0.3) is 0 Å². The van der Waals surface area contributed by atoms with E-state index in [4.69, 9.17) is 21.4 Å². The molecule has 1 aliphatic rings. The number of hydrogen-bond acceptors (Lipinski definition) is 3. The van der Waals surface area contributed by atoms with Crippen LogP contribution in [0.3, 0.4) is 0 Å². The van der Waals surface area contributed by atoms with Crippen molar-refractivity contribution in [3.05, 3.63) is 23.0 Å². The number of aliphatic hydroxyl groups excluding tert-OH is 1. The van der Waals surface area contributed by atoms with E-state index in [1.165, 1.54) is 24.1 Å². The van der Waals surface area contributed by atoms with E-state index < -0.39 is 5.82 Å². The number of nitrogens with zero attached hydrogens (tertiary/aromatic N) is 1. The first-order chi connectivity index (χ1) is 8.58. The smallest absolute Gasteiger partial charge is 0.227 e. The summed E-state index contributed by atoms with van der Waals surface area (Å²) in [5.74, 6) is -1.05. The van der Waals surface area contributed by atoms with Crippen LogP contribution in [0.15, 0.2) is 12.1 Å². The number of rotatable bonds is 3. The summed E-state index contributed by atoms with van der Waals surface area (Å²) in [7, 11) is 1.35. The highest BCUT2D eigenvalue weighted by Crippen LogP contribution is 2.37. The largest absolute Gasteiger partial charge is 0.494 e. The zero-order valence-electron chi connectivity index (χ0n) is 9.82. The van der Waals surface area contributed by atoms with Gasteiger partial charge in [-0.1, -0.05) is 11.6 Å². The molecule has 98 valence electrons. The van der Waals surface area contributed by atoms with Gasteiger partial charge in [-0.3, -0.25) is 4.79 Å². The lowest BCUT2D eigenvalue weighted by atomic mass is 10.1. The number of methoxy groups -OCH3 is 1. The minimum absolute atomic E-state index is 0.0250. The van der Waals surface area contributed by atoms with Gasteiger partial charge in [-0.15, -0.1) is 0 Å². The normalized spacial score (nSPS) is 19.4. The van der Waals surface area contributed by atoms with E-state index in [1.54, 1.807) is 0 Å². The van der Waals surface area contributed by atoms with Crippen LogP contribution in [0.5, 0.6) is 5.75 Å². The fourth-order valence-electron chi connectivity index (χ4n) is 2.05. The molecule has 0 spiro atoms. The molecule has 1 aromatic rings. The molecule has 1 amide bonds. The molecule has 1 saturated heterocycles. The molecular formula is C12H13ClFNO3. The van der Waals surface area contributed by atoms with Gasteiger partial charge >= 0.3 is 0 Å². The Bertz CT molecular complexity index is 481. The van der Waals surface area contributed by atoms with Crippen LogP contribution in [0.25, 0.3) is 0 Å². The molecular weight excluding hydrogens is 261 g/mol. The molecule has 1 N–H and O–H groups in total. The van der Waals surface area contributed by atoms with Gasteiger partial charge in [0.15, 0.2) is 11.6 Å². The number of carbonyl (C=O) groups excluding carboxylic acids is 1. The van der Waals surface area contributed by atoms with Crippen molar-refractivity contribution in [1.82, 2.24) is 0 Å². The van der Waals surface area contributed by atoms with E-state index in [9.17, 15) is 9.18 Å². The van der Waals surface area contributed by atoms with E-state index in [1.807, 2.05) is 0 Å². The molecule has 0 bridgehead atoms. The van der Waals surface area contributed by atoms with Crippen LogP contribution < -0.4 is 9.64 Å². The first-order valence-electron chi connectivity index (χ1n) is 5.51. The molecule has 1 fully saturated rings. The first kappa shape index (κ1) is 13.1. The fraction of sp³-hybridized carbons (Fsp3) is 0.417. The summed E-state index contributed by atoms with van der Waals surface area (Å²) in [5.41, 5.74) is 0.0250. The molecule has 0 aliphatic carbocycles. The van der Waals surface area contributed by atoms with Gasteiger partial charge in [0.05, 0.1) is 12.1 Å². The monoisotopic (exact) mass is 273 g/mol. The van der Waals surface area contributed by atoms with Gasteiger partial charge < -0.3 is 14.7 Å². The minimum atomic E-state index is -0.656. The average molecular weight is 274 g/mol. The molecule has 1 aliphatic heterocycles. The number of aliphatic hydroxyl groups is 1. The van der Waals surface area contributed by atoms with Crippen molar-refractivity contribution in [1.29, 1.82) is 0 Å². The lowest BCUT2D eigenvalue weighted by molar-refractivity contribution is -0.117. The zero-order chi connectivity index (χ0) is 13.3. The predicted molar refractivity (Wildman–Crippen MR) is 65.5 cm³/mol. The number of hydrogen-bond donors (Lipinski definition) is 1. The Morgan fingerprint density at radius 3 is 2.89 bits per heavy atom. The Labute approximate surface area is 109 Å². The van der Waals surface area contributed by atoms with Crippen LogP contribution in [0.2, 0.25) is 5.02 Å². The summed E-state index contributed by atoms with van der Waals surface area (Å²) in [6.45, 7) is 0.157. The highest BCUT2D eigenvalue weighted by atomic mass is 35.5. The number of amides is 1. The van der Waals surface area contributed by atoms with Gasteiger partial charge in [0.2, 0.25) is 5.91 Å². The van der Waals surface area contributed by atoms with Crippen molar-refractivity contribution in [2.24, 2.45) is 5.92 Å². The van der Waals surface area contributed by atoms with Gasteiger partial charge in [0.1, 0.15) is 5.69 Å². The van der Waals surface area contributed by atoms with Crippen LogP contribution >= 0.6 is 11.6 Å². The summed E-state index contributed by atoms with van der Waals surface area (Å²) < 4.78 is 19.0. The topological polar surface area (TPSA) is 49.8 Å². The molecule has 0 radical (unpaired) electrons. The van der Waals surface area contributed by atoms with Gasteiger partial charge in [-0.25, -0.2) is 4.39 Å². The lowest BCUT2D eigenvalue weighted by Gasteiger charge is -2.19. The predicted octanol–water partition coefficient (Wildman–Crippen LogP) is 1.83. The van der Waals surface area contributed by atoms with Gasteiger partial charge in [-0.2, -0.15) is 0 Å². The Hall–Kier alpha value is -1.33. The SMILES string of the molecule is COc1ccc(Cl)c(N2CC(CO)CC2=O)c1F. The molecule has 1 atom stereocenters. The standard InChI is InChI=1S/C12H13ClFNO3/c1-18-9-3-2-8(13)12(11(9)14)15-5-7(6-16)4-10(15)17/h2-3,7,16H,4-6H2,1H3. The first-order valence-corrected chi connectivity index (χ1v) is 5.89. The summed E-state index contributed by atoms with van der Waals surface area (Å²) in [5, 5.41) is 9.21. The summed E-state index contributed by atoms with van der Waals surface area (Å²) in [6.07, 6.45) is 0.198. The molecule has 1 heterocycles. The minimum Gasteiger partial charge on any atom is -0.494 e. The van der Waals surface area contributed by atoms with Crippen molar-refractivity contribution in [3.63, 3.8) is 0 Å². The molecule has 1 unspecified atom stereocenters. The second kappa shape index (κ2) is 5.12. The van der Waals surface area contributed by atoms with Crippen molar-refractivity contribution in [2.45, 2.75) is 6.42 Å². The maximum atomic E-state index is 14.1. The fourth-order valence-corrected chi connectivity index (χ4v) is 2.30. The van der Waals surface area contributed by atoms with Crippen molar-refractivity contribution in [2.75, 3.05) is 25.2 Å². The van der Waals surface area contributed by atoms with E-state index in [-0.39, 0.29) is 47.9 Å². The molecule has 2 rings (SSSR count). The number of ether oxygens (including phenoxy) is 1. The zero-order valence-corrected chi connectivity index (χ0v) is 10.6. The quantitative estimate of drug-likeness (QED) is 0.914. The van der Waals surface area contributed by atoms with E-state index in [2.05, 4.69) is 0 Å². The average Bonchev–Trinajstić information content (AvgIpc) is 2.71. The van der Waals surface area contributed by atoms with Crippen molar-refractivity contribution in [3.8, 4) is 5.75 Å². The molecule has 0 saturated carbocycles. The number of carbonyl (C=O) groups is 1. The van der Waals surface area contributed by atoms with E-state index >= 15 is 0 Å². The Balaban J connectivity index is 2.42. The molecule has 4 nitrogen and oxygen atoms in total. The number of benzene rings is 1. The number of anilines is 1. The second-order valence-electron chi connectivity index (χ2n) is 4.17. The Morgan fingerprint density at radius 1 is 1.61 bits per heavy atom. The third-order valence-electron chi connectivity index (χ3n) is 2.98. The lowest BCUT2D eigenvalue weighted by Crippen LogP contribution is -2.26. The highest BCUT2D eigenvalue weighted by molar-refractivity contribution is 6.34. The van der Waals surface area contributed by atoms with Crippen LogP contribution in [0.4, 0.5) is 10.1 Å². The highest BCUT2D eigenvalue weighted by Gasteiger charge is 2.33. The van der Waals surface area contributed by atoms with Crippen LogP contribution in [-0.2, 0) is 4.79 Å². The van der Waals surface area contributed by atoms with Crippen LogP contribution in [0.1, 0.15) is 6.42 Å². The maximum absolute atomic E-state index is 14.1. The van der Waals surface area contributed by atoms with Gasteiger partial charge in [0, 0.05) is 25.5 Å². The second-order valence-corrected chi connectivity index (χ2v) is 4.58. The number of halogens is 2. The molecule has 0 aromatic heterocycles.